The third-order valence-corrected chi connectivity index (χ3v) is 5.12. The van der Waals surface area contributed by atoms with Crippen LogP contribution in [0.3, 0.4) is 0 Å². The zero-order chi connectivity index (χ0) is 14.5. The third kappa shape index (κ3) is 3.88. The number of hydrogen-bond donors (Lipinski definition) is 2. The van der Waals surface area contributed by atoms with Gasteiger partial charge in [0.25, 0.3) is 5.91 Å². The number of hydrogen-bond acceptors (Lipinski definition) is 4. The Labute approximate surface area is 132 Å². The molecule has 2 atom stereocenters. The number of halogens is 1. The Morgan fingerprint density at radius 1 is 1.55 bits per heavy atom. The molecular weight excluding hydrogens is 338 g/mol. The van der Waals surface area contributed by atoms with Crippen LogP contribution in [0.5, 0.6) is 0 Å². The minimum absolute atomic E-state index is 0.0460. The smallest absolute Gasteiger partial charge is 0.255 e. The van der Waals surface area contributed by atoms with Crippen molar-refractivity contribution in [3.63, 3.8) is 0 Å². The summed E-state index contributed by atoms with van der Waals surface area (Å²) in [5.74, 6) is 1.71. The number of thioether (sulfide) groups is 1. The van der Waals surface area contributed by atoms with E-state index in [9.17, 15) is 4.79 Å². The molecule has 0 bridgehead atoms. The Hall–Kier alpha value is -0.750. The van der Waals surface area contributed by atoms with E-state index in [1.807, 2.05) is 11.8 Å². The van der Waals surface area contributed by atoms with E-state index in [4.69, 9.17) is 0 Å². The minimum atomic E-state index is -0.0460. The Bertz CT molecular complexity index is 483. The van der Waals surface area contributed by atoms with Crippen LogP contribution in [0, 0.1) is 0 Å². The van der Waals surface area contributed by atoms with Crippen LogP contribution < -0.4 is 10.6 Å². The number of rotatable bonds is 5. The van der Waals surface area contributed by atoms with Crippen molar-refractivity contribution in [2.24, 2.45) is 0 Å². The van der Waals surface area contributed by atoms with Gasteiger partial charge in [0.2, 0.25) is 0 Å². The summed E-state index contributed by atoms with van der Waals surface area (Å²) in [4.78, 5) is 16.6. The first-order valence-corrected chi connectivity index (χ1v) is 8.74. The topological polar surface area (TPSA) is 54.0 Å². The molecular formula is C14H20BrN3OS. The van der Waals surface area contributed by atoms with Crippen molar-refractivity contribution in [2.45, 2.75) is 37.5 Å². The molecule has 2 rings (SSSR count). The molecule has 0 aromatic carbocycles. The Morgan fingerprint density at radius 3 is 3.05 bits per heavy atom. The molecule has 1 heterocycles. The largest absolute Gasteiger partial charge is 0.372 e. The average molecular weight is 358 g/mol. The summed E-state index contributed by atoms with van der Waals surface area (Å²) in [6.07, 6.45) is 5.02. The zero-order valence-electron chi connectivity index (χ0n) is 11.8. The van der Waals surface area contributed by atoms with Crippen LogP contribution in [0.1, 0.15) is 36.5 Å². The molecule has 1 aromatic heterocycles. The van der Waals surface area contributed by atoms with Gasteiger partial charge >= 0.3 is 0 Å². The highest BCUT2D eigenvalue weighted by Gasteiger charge is 2.26. The highest BCUT2D eigenvalue weighted by atomic mass is 79.9. The highest BCUT2D eigenvalue weighted by molar-refractivity contribution is 9.10. The molecule has 1 fully saturated rings. The second-order valence-corrected chi connectivity index (χ2v) is 7.35. The van der Waals surface area contributed by atoms with Gasteiger partial charge in [-0.25, -0.2) is 4.98 Å². The van der Waals surface area contributed by atoms with Gasteiger partial charge in [-0.3, -0.25) is 4.79 Å². The summed E-state index contributed by atoms with van der Waals surface area (Å²) < 4.78 is 0.812. The quantitative estimate of drug-likeness (QED) is 0.848. The second-order valence-electron chi connectivity index (χ2n) is 4.86. The number of nitrogens with one attached hydrogen (secondary N) is 2. The molecule has 4 nitrogen and oxygen atoms in total. The fraction of sp³-hybridized carbons (Fsp3) is 0.571. The van der Waals surface area contributed by atoms with Crippen molar-refractivity contribution in [1.82, 2.24) is 10.3 Å². The Kier molecular flexibility index (Phi) is 5.72. The fourth-order valence-electron chi connectivity index (χ4n) is 2.53. The molecule has 2 unspecified atom stereocenters. The lowest BCUT2D eigenvalue weighted by Gasteiger charge is -2.15. The monoisotopic (exact) mass is 357 g/mol. The normalized spacial score (nSPS) is 21.8. The van der Waals surface area contributed by atoms with Crippen LogP contribution in [0.2, 0.25) is 0 Å². The summed E-state index contributed by atoms with van der Waals surface area (Å²) in [6, 6.07) is 2.09. The van der Waals surface area contributed by atoms with Crippen molar-refractivity contribution >= 4 is 39.4 Å². The molecule has 1 saturated carbocycles. The van der Waals surface area contributed by atoms with E-state index in [1.165, 1.54) is 6.42 Å². The lowest BCUT2D eigenvalue weighted by Crippen LogP contribution is -2.33. The first-order chi connectivity index (χ1) is 9.63. The molecule has 0 aliphatic heterocycles. The Morgan fingerprint density at radius 2 is 2.35 bits per heavy atom. The van der Waals surface area contributed by atoms with Crippen molar-refractivity contribution in [2.75, 3.05) is 18.1 Å². The van der Waals surface area contributed by atoms with Gasteiger partial charge in [0.05, 0.1) is 5.56 Å². The summed E-state index contributed by atoms with van der Waals surface area (Å²) in [6.45, 7) is 2.18. The first-order valence-electron chi connectivity index (χ1n) is 6.89. The van der Waals surface area contributed by atoms with E-state index in [0.29, 0.717) is 16.6 Å². The number of carbonyl (C=O) groups excluding carboxylic acids is 1. The van der Waals surface area contributed by atoms with Crippen molar-refractivity contribution in [3.05, 3.63) is 22.3 Å². The minimum Gasteiger partial charge on any atom is -0.372 e. The molecule has 110 valence electrons. The van der Waals surface area contributed by atoms with E-state index in [1.54, 1.807) is 19.3 Å². The number of nitrogens with zero attached hydrogens (tertiary/aromatic N) is 1. The van der Waals surface area contributed by atoms with E-state index >= 15 is 0 Å². The van der Waals surface area contributed by atoms with E-state index < -0.39 is 0 Å². The maximum Gasteiger partial charge on any atom is 0.255 e. The van der Waals surface area contributed by atoms with Crippen molar-refractivity contribution < 1.29 is 4.79 Å². The van der Waals surface area contributed by atoms with Crippen LogP contribution in [0.25, 0.3) is 0 Å². The number of carbonyl (C=O) groups is 1. The van der Waals surface area contributed by atoms with Gasteiger partial charge in [0.1, 0.15) is 5.82 Å². The number of anilines is 1. The van der Waals surface area contributed by atoms with Gasteiger partial charge in [-0.1, -0.05) is 6.92 Å². The molecule has 0 saturated heterocycles. The summed E-state index contributed by atoms with van der Waals surface area (Å²) in [5.41, 5.74) is 0.591. The average Bonchev–Trinajstić information content (AvgIpc) is 2.86. The maximum absolute atomic E-state index is 12.4. The second kappa shape index (κ2) is 7.31. The van der Waals surface area contributed by atoms with Crippen LogP contribution in [0.4, 0.5) is 5.82 Å². The van der Waals surface area contributed by atoms with Crippen LogP contribution in [-0.4, -0.2) is 35.0 Å². The van der Waals surface area contributed by atoms with E-state index in [-0.39, 0.29) is 11.9 Å². The van der Waals surface area contributed by atoms with Gasteiger partial charge in [0.15, 0.2) is 0 Å². The number of amides is 1. The third-order valence-electron chi connectivity index (χ3n) is 3.46. The van der Waals surface area contributed by atoms with Crippen molar-refractivity contribution in [1.29, 1.82) is 0 Å². The van der Waals surface area contributed by atoms with Gasteiger partial charge in [0, 0.05) is 29.0 Å². The molecule has 1 aromatic rings. The highest BCUT2D eigenvalue weighted by Crippen LogP contribution is 2.30. The summed E-state index contributed by atoms with van der Waals surface area (Å²) in [7, 11) is 1.77. The SMILES string of the molecule is CCSC1CCC(NC(=O)c2cc(Br)cnc2NC)C1. The Balaban J connectivity index is 2.00. The first kappa shape index (κ1) is 15.6. The van der Waals surface area contributed by atoms with Gasteiger partial charge < -0.3 is 10.6 Å². The van der Waals surface area contributed by atoms with Gasteiger partial charge in [-0.05, 0) is 47.0 Å². The summed E-state index contributed by atoms with van der Waals surface area (Å²) in [5, 5.41) is 6.78. The summed E-state index contributed by atoms with van der Waals surface area (Å²) >= 11 is 5.36. The number of pyridine rings is 1. The van der Waals surface area contributed by atoms with E-state index in [0.717, 1.165) is 23.1 Å². The number of aromatic nitrogens is 1. The molecule has 6 heteroatoms. The molecule has 1 aliphatic carbocycles. The molecule has 0 spiro atoms. The molecule has 1 amide bonds. The maximum atomic E-state index is 12.4. The van der Waals surface area contributed by atoms with Gasteiger partial charge in [-0.15, -0.1) is 0 Å². The standard InChI is InChI=1S/C14H20BrN3OS/c1-3-20-11-5-4-10(7-11)18-14(19)12-6-9(15)8-17-13(12)16-2/h6,8,10-11H,3-5,7H2,1-2H3,(H,16,17)(H,18,19). The molecule has 2 N–H and O–H groups in total. The predicted molar refractivity (Wildman–Crippen MR) is 88.5 cm³/mol. The van der Waals surface area contributed by atoms with Gasteiger partial charge in [-0.2, -0.15) is 11.8 Å². The lowest BCUT2D eigenvalue weighted by molar-refractivity contribution is 0.0938. The van der Waals surface area contributed by atoms with E-state index in [2.05, 4.69) is 38.5 Å². The van der Waals surface area contributed by atoms with Crippen LogP contribution in [0.15, 0.2) is 16.7 Å². The van der Waals surface area contributed by atoms with Crippen LogP contribution in [-0.2, 0) is 0 Å². The molecule has 0 radical (unpaired) electrons. The molecule has 1 aliphatic rings. The van der Waals surface area contributed by atoms with Crippen LogP contribution >= 0.6 is 27.7 Å². The van der Waals surface area contributed by atoms with Crippen molar-refractivity contribution in [3.8, 4) is 0 Å². The lowest BCUT2D eigenvalue weighted by atomic mass is 10.2. The fourth-order valence-corrected chi connectivity index (χ4v) is 4.01. The molecule has 20 heavy (non-hydrogen) atoms. The predicted octanol–water partition coefficient (Wildman–Crippen LogP) is 3.29. The zero-order valence-corrected chi connectivity index (χ0v) is 14.2.